The van der Waals surface area contributed by atoms with Crippen molar-refractivity contribution in [2.24, 2.45) is 5.92 Å². The first-order valence-electron chi connectivity index (χ1n) is 12.0. The lowest BCUT2D eigenvalue weighted by molar-refractivity contribution is -0.121. The maximum Gasteiger partial charge on any atom is 0.243 e. The van der Waals surface area contributed by atoms with Crippen LogP contribution in [0.25, 0.3) is 0 Å². The number of amides is 1. The van der Waals surface area contributed by atoms with Gasteiger partial charge in [-0.25, -0.2) is 8.42 Å². The number of aliphatic hydroxyl groups excluding tert-OH is 1. The van der Waals surface area contributed by atoms with Crippen LogP contribution in [0.3, 0.4) is 0 Å². The molecule has 2 N–H and O–H groups in total. The number of nitrogens with one attached hydrogen (secondary N) is 1. The number of unbranched alkanes of at least 4 members (excludes halogenated alkanes) is 1. The minimum atomic E-state index is -3.71. The van der Waals surface area contributed by atoms with Crippen LogP contribution in [-0.4, -0.2) is 56.3 Å². The van der Waals surface area contributed by atoms with Gasteiger partial charge in [-0.15, -0.1) is 0 Å². The predicted molar refractivity (Wildman–Crippen MR) is 140 cm³/mol. The summed E-state index contributed by atoms with van der Waals surface area (Å²) in [5.74, 6) is 0.143. The number of sulfonamides is 1. The Balaban J connectivity index is 0.00000298. The average Bonchev–Trinajstić information content (AvgIpc) is 2.86. The molecule has 194 valence electrons. The molecule has 0 spiro atoms. The Morgan fingerprint density at radius 3 is 2.23 bits per heavy atom. The van der Waals surface area contributed by atoms with E-state index in [1.54, 1.807) is 24.3 Å². The molecule has 35 heavy (non-hydrogen) atoms. The zero-order valence-electron chi connectivity index (χ0n) is 21.2. The lowest BCUT2D eigenvalue weighted by atomic mass is 10.1. The third kappa shape index (κ3) is 10.7. The van der Waals surface area contributed by atoms with Crippen LogP contribution in [0.2, 0.25) is 0 Å². The minimum absolute atomic E-state index is 0.0148. The highest BCUT2D eigenvalue weighted by Gasteiger charge is 2.31. The van der Waals surface area contributed by atoms with Crippen LogP contribution in [0.5, 0.6) is 0 Å². The van der Waals surface area contributed by atoms with E-state index < -0.39 is 16.1 Å². The Labute approximate surface area is 210 Å². The molecule has 0 bridgehead atoms. The first kappa shape index (κ1) is 30.5. The molecule has 0 unspecified atom stereocenters. The van der Waals surface area contributed by atoms with Crippen LogP contribution in [0, 0.1) is 12.8 Å². The van der Waals surface area contributed by atoms with Gasteiger partial charge in [-0.1, -0.05) is 68.3 Å². The van der Waals surface area contributed by atoms with Gasteiger partial charge < -0.3 is 15.2 Å². The molecular weight excluding hydrogens is 464 g/mol. The molecule has 0 aliphatic carbocycles. The summed E-state index contributed by atoms with van der Waals surface area (Å²) >= 11 is 0. The fourth-order valence-electron chi connectivity index (χ4n) is 3.70. The van der Waals surface area contributed by atoms with Gasteiger partial charge in [-0.2, -0.15) is 4.31 Å². The van der Waals surface area contributed by atoms with Crippen molar-refractivity contribution in [3.63, 3.8) is 0 Å². The van der Waals surface area contributed by atoms with E-state index in [9.17, 15) is 18.3 Å². The van der Waals surface area contributed by atoms with Gasteiger partial charge in [0.05, 0.1) is 11.5 Å². The smallest absolute Gasteiger partial charge is 0.243 e. The van der Waals surface area contributed by atoms with Gasteiger partial charge in [0.15, 0.2) is 0 Å². The van der Waals surface area contributed by atoms with Gasteiger partial charge in [0.2, 0.25) is 15.9 Å². The van der Waals surface area contributed by atoms with E-state index in [0.717, 1.165) is 17.5 Å². The van der Waals surface area contributed by atoms with Crippen LogP contribution < -0.4 is 5.32 Å². The Bertz CT molecular complexity index is 963. The van der Waals surface area contributed by atoms with Crippen LogP contribution in [0.4, 0.5) is 0 Å². The zero-order valence-corrected chi connectivity index (χ0v) is 22.0. The van der Waals surface area contributed by atoms with Crippen molar-refractivity contribution in [2.45, 2.75) is 63.8 Å². The lowest BCUT2D eigenvalue weighted by Gasteiger charge is -2.31. The highest BCUT2D eigenvalue weighted by Crippen LogP contribution is 2.23. The Morgan fingerprint density at radius 1 is 1.03 bits per heavy atom. The van der Waals surface area contributed by atoms with Gasteiger partial charge in [0.25, 0.3) is 0 Å². The van der Waals surface area contributed by atoms with Crippen molar-refractivity contribution in [3.8, 4) is 0 Å². The summed E-state index contributed by atoms with van der Waals surface area (Å²) in [4.78, 5) is 20.3. The number of hydrogen-bond donors (Lipinski definition) is 2. The van der Waals surface area contributed by atoms with E-state index in [2.05, 4.69) is 5.32 Å². The molecule has 0 aromatic heterocycles. The van der Waals surface area contributed by atoms with Crippen molar-refractivity contribution in [3.05, 3.63) is 65.7 Å². The SMILES string of the molecule is C=O.Cc1ccc(S(=O)(=O)N(CC(C)C)[C@H](CO)CCCCNC(=O)CCc2ccccc2)cc1. The van der Waals surface area contributed by atoms with E-state index in [4.69, 9.17) is 4.79 Å². The second-order valence-electron chi connectivity index (χ2n) is 8.95. The molecule has 0 aliphatic heterocycles. The third-order valence-electron chi connectivity index (χ3n) is 5.56. The number of hydrogen-bond acceptors (Lipinski definition) is 5. The number of rotatable bonds is 14. The molecule has 0 heterocycles. The third-order valence-corrected chi connectivity index (χ3v) is 7.49. The monoisotopic (exact) mass is 504 g/mol. The maximum atomic E-state index is 13.3. The number of aryl methyl sites for hydroxylation is 2. The predicted octanol–water partition coefficient (Wildman–Crippen LogP) is 3.74. The van der Waals surface area contributed by atoms with Crippen molar-refractivity contribution in [2.75, 3.05) is 19.7 Å². The summed E-state index contributed by atoms with van der Waals surface area (Å²) in [5, 5.41) is 12.9. The van der Waals surface area contributed by atoms with E-state index in [0.29, 0.717) is 38.8 Å². The Kier molecular flexibility index (Phi) is 14.1. The Morgan fingerprint density at radius 2 is 1.66 bits per heavy atom. The maximum absolute atomic E-state index is 13.3. The molecular formula is C27H40N2O5S. The number of aliphatic hydroxyl groups is 1. The molecule has 2 aromatic rings. The van der Waals surface area contributed by atoms with E-state index >= 15 is 0 Å². The van der Waals surface area contributed by atoms with Crippen molar-refractivity contribution >= 4 is 22.7 Å². The van der Waals surface area contributed by atoms with E-state index in [1.807, 2.05) is 57.9 Å². The fraction of sp³-hybridized carbons (Fsp3) is 0.481. The van der Waals surface area contributed by atoms with Gasteiger partial charge in [-0.05, 0) is 49.8 Å². The van der Waals surface area contributed by atoms with Crippen LogP contribution in [0.15, 0.2) is 59.5 Å². The van der Waals surface area contributed by atoms with Crippen molar-refractivity contribution in [1.29, 1.82) is 0 Å². The zero-order chi connectivity index (χ0) is 26.3. The highest BCUT2D eigenvalue weighted by atomic mass is 32.2. The standard InChI is InChI=1S/C26H38N2O4S.CH2O/c1-21(2)19-28(33(31,32)25-15-12-22(3)13-16-25)24(20-29)11-7-8-18-27-26(30)17-14-23-9-5-4-6-10-23;1-2/h4-6,9-10,12-13,15-16,21,24,29H,7-8,11,14,17-20H2,1-3H3,(H,27,30);1H2/t24-;/m0./s1. The topological polar surface area (TPSA) is 104 Å². The minimum Gasteiger partial charge on any atom is -0.395 e. The van der Waals surface area contributed by atoms with Crippen molar-refractivity contribution < 1.29 is 23.1 Å². The second-order valence-corrected chi connectivity index (χ2v) is 10.8. The quantitative estimate of drug-likeness (QED) is 0.382. The molecule has 0 fully saturated rings. The summed E-state index contributed by atoms with van der Waals surface area (Å²) in [7, 11) is -3.71. The van der Waals surface area contributed by atoms with Gasteiger partial charge in [-0.3, -0.25) is 4.79 Å². The van der Waals surface area contributed by atoms with Gasteiger partial charge >= 0.3 is 0 Å². The summed E-state index contributed by atoms with van der Waals surface area (Å²) in [5.41, 5.74) is 2.13. The molecule has 1 atom stereocenters. The summed E-state index contributed by atoms with van der Waals surface area (Å²) in [6, 6.07) is 16.2. The normalized spacial score (nSPS) is 12.2. The highest BCUT2D eigenvalue weighted by molar-refractivity contribution is 7.89. The van der Waals surface area contributed by atoms with E-state index in [1.165, 1.54) is 4.31 Å². The summed E-state index contributed by atoms with van der Waals surface area (Å²) in [6.07, 6.45) is 3.13. The van der Waals surface area contributed by atoms with Crippen LogP contribution in [0.1, 0.15) is 50.7 Å². The summed E-state index contributed by atoms with van der Waals surface area (Å²) < 4.78 is 28.1. The van der Waals surface area contributed by atoms with Gasteiger partial charge in [0, 0.05) is 25.6 Å². The number of nitrogens with zero attached hydrogens (tertiary/aromatic N) is 1. The molecule has 0 aliphatic rings. The molecule has 1 amide bonds. The molecule has 0 saturated heterocycles. The number of benzene rings is 2. The van der Waals surface area contributed by atoms with Crippen molar-refractivity contribution in [1.82, 2.24) is 9.62 Å². The number of carbonyl (C=O) groups is 2. The summed E-state index contributed by atoms with van der Waals surface area (Å²) in [6.45, 7) is 8.51. The number of carbonyl (C=O) groups excluding carboxylic acids is 2. The first-order valence-corrected chi connectivity index (χ1v) is 13.5. The molecule has 8 heteroatoms. The average molecular weight is 505 g/mol. The molecule has 0 radical (unpaired) electrons. The van der Waals surface area contributed by atoms with Crippen LogP contribution >= 0.6 is 0 Å². The van der Waals surface area contributed by atoms with E-state index in [-0.39, 0.29) is 23.3 Å². The van der Waals surface area contributed by atoms with Gasteiger partial charge in [0.1, 0.15) is 6.79 Å². The Hall–Kier alpha value is -2.55. The lowest BCUT2D eigenvalue weighted by Crippen LogP contribution is -2.44. The fourth-order valence-corrected chi connectivity index (χ4v) is 5.51. The largest absolute Gasteiger partial charge is 0.395 e. The molecule has 2 aromatic carbocycles. The molecule has 0 saturated carbocycles. The van der Waals surface area contributed by atoms with Crippen LogP contribution in [-0.2, 0) is 26.0 Å². The molecule has 2 rings (SSSR count). The first-order chi connectivity index (χ1) is 16.7. The molecule has 7 nitrogen and oxygen atoms in total. The second kappa shape index (κ2) is 16.2.